The maximum atomic E-state index is 11.5. The van der Waals surface area contributed by atoms with Gasteiger partial charge in [-0.05, 0) is 44.2 Å². The lowest BCUT2D eigenvalue weighted by Crippen LogP contribution is -2.17. The van der Waals surface area contributed by atoms with Gasteiger partial charge in [-0.25, -0.2) is 4.98 Å². The Morgan fingerprint density at radius 3 is 2.74 bits per heavy atom. The van der Waals surface area contributed by atoms with E-state index in [1.807, 2.05) is 6.92 Å². The predicted molar refractivity (Wildman–Crippen MR) is 91.6 cm³/mol. The molecule has 0 spiro atoms. The van der Waals surface area contributed by atoms with Crippen LogP contribution in [0.25, 0.3) is 17.1 Å². The number of carbonyl (C=O) groups excluding carboxylic acids is 1. The van der Waals surface area contributed by atoms with Crippen molar-refractivity contribution < 1.29 is 9.90 Å². The van der Waals surface area contributed by atoms with Crippen molar-refractivity contribution in [1.29, 1.82) is 0 Å². The van der Waals surface area contributed by atoms with Crippen molar-refractivity contribution in [3.8, 4) is 0 Å². The van der Waals surface area contributed by atoms with Crippen molar-refractivity contribution in [2.45, 2.75) is 13.8 Å². The molecule has 2 aromatic heterocycles. The molecule has 5 N–H and O–H groups in total. The highest BCUT2D eigenvalue weighted by Gasteiger charge is 2.15. The number of amides is 1. The molecule has 0 aliphatic rings. The summed E-state index contributed by atoms with van der Waals surface area (Å²) in [6.07, 6.45) is 8.27. The van der Waals surface area contributed by atoms with Crippen molar-refractivity contribution in [3.05, 3.63) is 59.1 Å². The third-order valence-corrected chi connectivity index (χ3v) is 3.24. The number of nitrogens with zero attached hydrogens (tertiary/aromatic N) is 2. The van der Waals surface area contributed by atoms with Crippen LogP contribution in [0.2, 0.25) is 0 Å². The number of pyridine rings is 2. The molecule has 0 fully saturated rings. The van der Waals surface area contributed by atoms with Gasteiger partial charge >= 0.3 is 0 Å². The van der Waals surface area contributed by atoms with E-state index in [1.54, 1.807) is 49.6 Å². The summed E-state index contributed by atoms with van der Waals surface area (Å²) in [5.41, 5.74) is 14.1. The molecule has 118 valence electrons. The molecule has 6 heteroatoms. The van der Waals surface area contributed by atoms with E-state index in [-0.39, 0.29) is 17.1 Å². The fourth-order valence-electron chi connectivity index (χ4n) is 2.05. The Labute approximate surface area is 133 Å². The molecule has 0 aromatic carbocycles. The molecule has 0 saturated heterocycles. The number of nitrogen functional groups attached to an aromatic ring is 1. The average molecular weight is 310 g/mol. The number of aliphatic hydroxyl groups is 1. The normalized spacial score (nSPS) is 13.0. The molecule has 0 atom stereocenters. The van der Waals surface area contributed by atoms with Gasteiger partial charge in [-0.3, -0.25) is 9.78 Å². The van der Waals surface area contributed by atoms with Gasteiger partial charge in [0.2, 0.25) is 0 Å². The first-order valence-electron chi connectivity index (χ1n) is 6.99. The quantitative estimate of drug-likeness (QED) is 0.593. The number of fused-ring (bicyclic) bond motifs is 1. The zero-order valence-electron chi connectivity index (χ0n) is 12.9. The summed E-state index contributed by atoms with van der Waals surface area (Å²) < 4.78 is 0. The summed E-state index contributed by atoms with van der Waals surface area (Å²) in [5.74, 6) is -0.538. The zero-order chi connectivity index (χ0) is 17.0. The summed E-state index contributed by atoms with van der Waals surface area (Å²) in [4.78, 5) is 20.0. The van der Waals surface area contributed by atoms with Gasteiger partial charge in [0, 0.05) is 11.8 Å². The van der Waals surface area contributed by atoms with E-state index in [9.17, 15) is 9.90 Å². The van der Waals surface area contributed by atoms with E-state index < -0.39 is 5.91 Å². The van der Waals surface area contributed by atoms with Gasteiger partial charge in [0.15, 0.2) is 5.69 Å². The van der Waals surface area contributed by atoms with Gasteiger partial charge in [0.1, 0.15) is 5.76 Å². The molecule has 0 unspecified atom stereocenters. The number of anilines is 1. The molecule has 0 aliphatic heterocycles. The van der Waals surface area contributed by atoms with Crippen LogP contribution in [0.1, 0.15) is 29.9 Å². The molecule has 2 heterocycles. The number of aliphatic hydroxyl groups excluding tert-OH is 1. The molecule has 0 aliphatic carbocycles. The van der Waals surface area contributed by atoms with Gasteiger partial charge in [-0.2, -0.15) is 0 Å². The van der Waals surface area contributed by atoms with E-state index >= 15 is 0 Å². The highest BCUT2D eigenvalue weighted by molar-refractivity contribution is 6.03. The van der Waals surface area contributed by atoms with Crippen LogP contribution >= 0.6 is 0 Å². The van der Waals surface area contributed by atoms with Gasteiger partial charge in [0.05, 0.1) is 16.7 Å². The first-order valence-corrected chi connectivity index (χ1v) is 6.99. The Morgan fingerprint density at radius 2 is 2.09 bits per heavy atom. The standard InChI is InChI=1S/C17H18N4O2/c1-3-11(22)7-6-10(2)9-12-14(18)16(17(19)23)21-13-5-4-8-20-15(12)13/h3-9,22H,18H2,1-2H3,(H2,19,23)/b7-6-,10-9+,11-3-. The van der Waals surface area contributed by atoms with Gasteiger partial charge in [-0.15, -0.1) is 0 Å². The lowest BCUT2D eigenvalue weighted by molar-refractivity contribution is 0.0997. The summed E-state index contributed by atoms with van der Waals surface area (Å²) >= 11 is 0. The van der Waals surface area contributed by atoms with Crippen LogP contribution < -0.4 is 11.5 Å². The van der Waals surface area contributed by atoms with E-state index in [2.05, 4.69) is 9.97 Å². The topological polar surface area (TPSA) is 115 Å². The molecular formula is C17H18N4O2. The van der Waals surface area contributed by atoms with E-state index in [1.165, 1.54) is 0 Å². The first-order chi connectivity index (χ1) is 10.9. The second kappa shape index (κ2) is 6.74. The molecule has 2 rings (SSSR count). The van der Waals surface area contributed by atoms with E-state index in [0.29, 0.717) is 16.6 Å². The molecule has 23 heavy (non-hydrogen) atoms. The molecule has 2 aromatic rings. The molecule has 1 amide bonds. The molecule has 0 radical (unpaired) electrons. The van der Waals surface area contributed by atoms with Crippen LogP contribution in [-0.2, 0) is 0 Å². The Morgan fingerprint density at radius 1 is 1.35 bits per heavy atom. The van der Waals surface area contributed by atoms with Crippen molar-refractivity contribution in [3.63, 3.8) is 0 Å². The fraction of sp³-hybridized carbons (Fsp3) is 0.118. The summed E-state index contributed by atoms with van der Waals surface area (Å²) in [7, 11) is 0. The van der Waals surface area contributed by atoms with Crippen molar-refractivity contribution in [2.24, 2.45) is 5.73 Å². The molecule has 0 bridgehead atoms. The number of allylic oxidation sites excluding steroid dienone is 4. The number of hydrogen-bond donors (Lipinski definition) is 3. The number of rotatable bonds is 4. The Kier molecular flexibility index (Phi) is 4.75. The second-order valence-electron chi connectivity index (χ2n) is 4.96. The third-order valence-electron chi connectivity index (χ3n) is 3.24. The maximum Gasteiger partial charge on any atom is 0.269 e. The predicted octanol–water partition coefficient (Wildman–Crippen LogP) is 2.73. The van der Waals surface area contributed by atoms with E-state index in [4.69, 9.17) is 11.5 Å². The van der Waals surface area contributed by atoms with Crippen LogP contribution in [0.4, 0.5) is 5.69 Å². The van der Waals surface area contributed by atoms with Gasteiger partial charge < -0.3 is 16.6 Å². The first kappa shape index (κ1) is 16.2. The lowest BCUT2D eigenvalue weighted by Gasteiger charge is -2.09. The van der Waals surface area contributed by atoms with Crippen LogP contribution in [0.3, 0.4) is 0 Å². The SMILES string of the molecule is C/C=C(O)/C=C\C(C)=C\c1c(N)c(C(N)=O)nc2cccnc12. The number of carbonyl (C=O) groups is 1. The summed E-state index contributed by atoms with van der Waals surface area (Å²) in [6.45, 7) is 3.58. The minimum Gasteiger partial charge on any atom is -0.508 e. The van der Waals surface area contributed by atoms with E-state index in [0.717, 1.165) is 5.57 Å². The van der Waals surface area contributed by atoms with Crippen LogP contribution in [0.5, 0.6) is 0 Å². The third kappa shape index (κ3) is 3.55. The largest absolute Gasteiger partial charge is 0.508 e. The summed E-state index contributed by atoms with van der Waals surface area (Å²) in [6, 6.07) is 3.46. The number of primary amides is 1. The Balaban J connectivity index is 2.65. The highest BCUT2D eigenvalue weighted by atomic mass is 16.3. The number of nitrogens with two attached hydrogens (primary N) is 2. The summed E-state index contributed by atoms with van der Waals surface area (Å²) in [5, 5.41) is 9.46. The van der Waals surface area contributed by atoms with Crippen molar-refractivity contribution >= 4 is 28.7 Å². The Bertz CT molecular complexity index is 851. The fourth-order valence-corrected chi connectivity index (χ4v) is 2.05. The lowest BCUT2D eigenvalue weighted by atomic mass is 10.1. The van der Waals surface area contributed by atoms with Crippen molar-refractivity contribution in [1.82, 2.24) is 9.97 Å². The van der Waals surface area contributed by atoms with Crippen LogP contribution in [0.15, 0.2) is 47.9 Å². The maximum absolute atomic E-state index is 11.5. The van der Waals surface area contributed by atoms with Crippen molar-refractivity contribution in [2.75, 3.05) is 5.73 Å². The second-order valence-corrected chi connectivity index (χ2v) is 4.96. The molecule has 6 nitrogen and oxygen atoms in total. The number of aromatic nitrogens is 2. The zero-order valence-corrected chi connectivity index (χ0v) is 12.9. The average Bonchev–Trinajstić information content (AvgIpc) is 2.54. The Hall–Kier alpha value is -3.15. The molecular weight excluding hydrogens is 292 g/mol. The molecule has 0 saturated carbocycles. The highest BCUT2D eigenvalue weighted by Crippen LogP contribution is 2.26. The smallest absolute Gasteiger partial charge is 0.269 e. The number of hydrogen-bond acceptors (Lipinski definition) is 5. The minimum atomic E-state index is -0.692. The van der Waals surface area contributed by atoms with Crippen LogP contribution in [-0.4, -0.2) is 21.0 Å². The van der Waals surface area contributed by atoms with Crippen LogP contribution in [0, 0.1) is 0 Å². The van der Waals surface area contributed by atoms with Gasteiger partial charge in [0.25, 0.3) is 5.91 Å². The minimum absolute atomic E-state index is 0.0184. The monoisotopic (exact) mass is 310 g/mol. The van der Waals surface area contributed by atoms with Gasteiger partial charge in [-0.1, -0.05) is 11.6 Å².